The molecule has 1 aromatic heterocycles. The first-order valence-electron chi connectivity index (χ1n) is 5.76. The van der Waals surface area contributed by atoms with Crippen LogP contribution in [0, 0.1) is 0 Å². The quantitative estimate of drug-likeness (QED) is 0.767. The second kappa shape index (κ2) is 5.72. The average molecular weight is 236 g/mol. The lowest BCUT2D eigenvalue weighted by Gasteiger charge is -2.07. The lowest BCUT2D eigenvalue weighted by Crippen LogP contribution is -2.14. The van der Waals surface area contributed by atoms with Gasteiger partial charge in [0.05, 0.1) is 18.9 Å². The predicted molar refractivity (Wildman–Crippen MR) is 60.9 cm³/mol. The first kappa shape index (κ1) is 12.0. The van der Waals surface area contributed by atoms with Gasteiger partial charge in [0, 0.05) is 25.5 Å². The summed E-state index contributed by atoms with van der Waals surface area (Å²) in [7, 11) is 1.54. The third kappa shape index (κ3) is 3.49. The van der Waals surface area contributed by atoms with Gasteiger partial charge in [-0.05, 0) is 12.8 Å². The molecule has 1 saturated heterocycles. The van der Waals surface area contributed by atoms with Gasteiger partial charge in [0.15, 0.2) is 0 Å². The molecule has 0 radical (unpaired) electrons. The predicted octanol–water partition coefficient (Wildman–Crippen LogP) is 1.17. The van der Waals surface area contributed by atoms with Gasteiger partial charge in [-0.2, -0.15) is 0 Å². The molecule has 1 aliphatic rings. The number of hydrogen-bond acceptors (Lipinski definition) is 5. The standard InChI is InChI=1S/C12H16N2O3/c1-16-12-6-9(13-8-14-12)5-10(15)7-11-3-2-4-17-11/h6,8,11H,2-5,7H2,1H3. The smallest absolute Gasteiger partial charge is 0.216 e. The number of nitrogens with zero attached hydrogens (tertiary/aromatic N) is 2. The zero-order chi connectivity index (χ0) is 12.1. The third-order valence-corrected chi connectivity index (χ3v) is 2.77. The molecule has 5 nitrogen and oxygen atoms in total. The van der Waals surface area contributed by atoms with Gasteiger partial charge in [-0.3, -0.25) is 4.79 Å². The Hall–Kier alpha value is -1.49. The van der Waals surface area contributed by atoms with Crippen LogP contribution in [-0.2, 0) is 16.0 Å². The highest BCUT2D eigenvalue weighted by atomic mass is 16.5. The van der Waals surface area contributed by atoms with E-state index in [-0.39, 0.29) is 11.9 Å². The van der Waals surface area contributed by atoms with E-state index in [1.165, 1.54) is 6.33 Å². The summed E-state index contributed by atoms with van der Waals surface area (Å²) in [6.07, 6.45) is 4.35. The molecule has 0 saturated carbocycles. The van der Waals surface area contributed by atoms with Crippen LogP contribution in [0.1, 0.15) is 25.0 Å². The van der Waals surface area contributed by atoms with E-state index >= 15 is 0 Å². The second-order valence-corrected chi connectivity index (χ2v) is 4.11. The summed E-state index contributed by atoms with van der Waals surface area (Å²) in [6, 6.07) is 1.69. The summed E-state index contributed by atoms with van der Waals surface area (Å²) in [5.74, 6) is 0.637. The number of aromatic nitrogens is 2. The molecule has 0 amide bonds. The van der Waals surface area contributed by atoms with Gasteiger partial charge in [0.2, 0.25) is 5.88 Å². The molecular weight excluding hydrogens is 220 g/mol. The van der Waals surface area contributed by atoms with Gasteiger partial charge >= 0.3 is 0 Å². The molecule has 92 valence electrons. The number of carbonyl (C=O) groups is 1. The van der Waals surface area contributed by atoms with E-state index in [1.54, 1.807) is 13.2 Å². The Kier molecular flexibility index (Phi) is 4.03. The van der Waals surface area contributed by atoms with Crippen LogP contribution in [0.5, 0.6) is 5.88 Å². The van der Waals surface area contributed by atoms with Crippen molar-refractivity contribution < 1.29 is 14.3 Å². The van der Waals surface area contributed by atoms with Crippen LogP contribution in [0.3, 0.4) is 0 Å². The van der Waals surface area contributed by atoms with Gasteiger partial charge in [-0.25, -0.2) is 9.97 Å². The molecular formula is C12H16N2O3. The molecule has 1 atom stereocenters. The van der Waals surface area contributed by atoms with Crippen molar-refractivity contribution in [2.75, 3.05) is 13.7 Å². The fraction of sp³-hybridized carbons (Fsp3) is 0.583. The third-order valence-electron chi connectivity index (χ3n) is 2.77. The van der Waals surface area contributed by atoms with Gasteiger partial charge in [0.1, 0.15) is 12.1 Å². The highest BCUT2D eigenvalue weighted by Gasteiger charge is 2.19. The van der Waals surface area contributed by atoms with Gasteiger partial charge in [-0.1, -0.05) is 0 Å². The van der Waals surface area contributed by atoms with E-state index < -0.39 is 0 Å². The Balaban J connectivity index is 1.88. The van der Waals surface area contributed by atoms with Crippen LogP contribution in [0.2, 0.25) is 0 Å². The fourth-order valence-electron chi connectivity index (χ4n) is 1.92. The maximum absolute atomic E-state index is 11.8. The molecule has 1 unspecified atom stereocenters. The van der Waals surface area contributed by atoms with E-state index in [2.05, 4.69) is 9.97 Å². The normalized spacial score (nSPS) is 19.2. The maximum atomic E-state index is 11.8. The first-order chi connectivity index (χ1) is 8.28. The fourth-order valence-corrected chi connectivity index (χ4v) is 1.92. The Morgan fingerprint density at radius 3 is 3.18 bits per heavy atom. The number of Topliss-reactive ketones (excluding diaryl/α,β-unsaturated/α-hetero) is 1. The van der Waals surface area contributed by atoms with Crippen LogP contribution < -0.4 is 4.74 Å². The van der Waals surface area contributed by atoms with Crippen molar-refractivity contribution in [1.82, 2.24) is 9.97 Å². The van der Waals surface area contributed by atoms with E-state index in [4.69, 9.17) is 9.47 Å². The first-order valence-corrected chi connectivity index (χ1v) is 5.76. The van der Waals surface area contributed by atoms with Crippen molar-refractivity contribution in [3.8, 4) is 5.88 Å². The molecule has 5 heteroatoms. The molecule has 0 aliphatic carbocycles. The summed E-state index contributed by atoms with van der Waals surface area (Å²) in [5, 5.41) is 0. The minimum atomic E-state index is 0.103. The van der Waals surface area contributed by atoms with Crippen LogP contribution in [0.25, 0.3) is 0 Å². The molecule has 2 heterocycles. The molecule has 1 aromatic rings. The summed E-state index contributed by atoms with van der Waals surface area (Å²) in [6.45, 7) is 0.777. The highest BCUT2D eigenvalue weighted by molar-refractivity contribution is 5.81. The van der Waals surface area contributed by atoms with Crippen molar-refractivity contribution in [2.45, 2.75) is 31.8 Å². The number of ether oxygens (including phenoxy) is 2. The summed E-state index contributed by atoms with van der Waals surface area (Å²) < 4.78 is 10.4. The van der Waals surface area contributed by atoms with Crippen molar-refractivity contribution in [3.63, 3.8) is 0 Å². The van der Waals surface area contributed by atoms with Gasteiger partial charge < -0.3 is 9.47 Å². The Morgan fingerprint density at radius 2 is 2.47 bits per heavy atom. The molecule has 1 fully saturated rings. The van der Waals surface area contributed by atoms with Crippen LogP contribution in [0.15, 0.2) is 12.4 Å². The van der Waals surface area contributed by atoms with Crippen LogP contribution in [0.4, 0.5) is 0 Å². The largest absolute Gasteiger partial charge is 0.481 e. The number of rotatable bonds is 5. The Bertz CT molecular complexity index is 389. The molecule has 0 bridgehead atoms. The van der Waals surface area contributed by atoms with Crippen molar-refractivity contribution in [3.05, 3.63) is 18.1 Å². The zero-order valence-corrected chi connectivity index (χ0v) is 9.89. The molecule has 1 aliphatic heterocycles. The van der Waals surface area contributed by atoms with Gasteiger partial charge in [-0.15, -0.1) is 0 Å². The Morgan fingerprint density at radius 1 is 1.59 bits per heavy atom. The van der Waals surface area contributed by atoms with E-state index in [9.17, 15) is 4.79 Å². The number of methoxy groups -OCH3 is 1. The van der Waals surface area contributed by atoms with Crippen molar-refractivity contribution in [2.24, 2.45) is 0 Å². The molecule has 0 spiro atoms. The summed E-state index contributed by atoms with van der Waals surface area (Å²) >= 11 is 0. The van der Waals surface area contributed by atoms with Crippen molar-refractivity contribution in [1.29, 1.82) is 0 Å². The highest BCUT2D eigenvalue weighted by Crippen LogP contribution is 2.16. The monoisotopic (exact) mass is 236 g/mol. The van der Waals surface area contributed by atoms with Crippen LogP contribution >= 0.6 is 0 Å². The molecule has 17 heavy (non-hydrogen) atoms. The van der Waals surface area contributed by atoms with Crippen molar-refractivity contribution >= 4 is 5.78 Å². The SMILES string of the molecule is COc1cc(CC(=O)CC2CCCO2)ncn1. The van der Waals surface area contributed by atoms with Crippen LogP contribution in [-0.4, -0.2) is 35.6 Å². The lowest BCUT2D eigenvalue weighted by atomic mass is 10.1. The Labute approximate surface area is 100 Å². The molecule has 2 rings (SSSR count). The zero-order valence-electron chi connectivity index (χ0n) is 9.89. The molecule has 0 N–H and O–H groups in total. The number of carbonyl (C=O) groups excluding carboxylic acids is 1. The topological polar surface area (TPSA) is 61.3 Å². The van der Waals surface area contributed by atoms with Gasteiger partial charge in [0.25, 0.3) is 0 Å². The number of ketones is 1. The van der Waals surface area contributed by atoms with E-state index in [1.807, 2.05) is 0 Å². The summed E-state index contributed by atoms with van der Waals surface area (Å²) in [5.41, 5.74) is 0.694. The minimum absolute atomic E-state index is 0.103. The maximum Gasteiger partial charge on any atom is 0.216 e. The lowest BCUT2D eigenvalue weighted by molar-refractivity contribution is -0.120. The summed E-state index contributed by atoms with van der Waals surface area (Å²) in [4.78, 5) is 19.7. The number of hydrogen-bond donors (Lipinski definition) is 0. The second-order valence-electron chi connectivity index (χ2n) is 4.11. The van der Waals surface area contributed by atoms with E-state index in [0.717, 1.165) is 19.4 Å². The molecule has 0 aromatic carbocycles. The minimum Gasteiger partial charge on any atom is -0.481 e. The average Bonchev–Trinajstić information content (AvgIpc) is 2.82. The van der Waals surface area contributed by atoms with E-state index in [0.29, 0.717) is 24.4 Å².